The number of hydrogen-bond acceptors (Lipinski definition) is 5. The van der Waals surface area contributed by atoms with Crippen LogP contribution in [-0.4, -0.2) is 25.6 Å². The summed E-state index contributed by atoms with van der Waals surface area (Å²) in [6, 6.07) is 12.5. The van der Waals surface area contributed by atoms with Crippen LogP contribution in [-0.2, 0) is 21.1 Å². The lowest BCUT2D eigenvalue weighted by Crippen LogP contribution is -2.14. The van der Waals surface area contributed by atoms with Crippen LogP contribution in [0, 0.1) is 0 Å². The first-order valence-electron chi connectivity index (χ1n) is 8.22. The lowest BCUT2D eigenvalue weighted by Gasteiger charge is -2.03. The summed E-state index contributed by atoms with van der Waals surface area (Å²) in [6.07, 6.45) is 1.32. The number of amides is 1. The molecule has 1 amide bonds. The van der Waals surface area contributed by atoms with Crippen molar-refractivity contribution in [1.82, 2.24) is 4.98 Å². The van der Waals surface area contributed by atoms with Crippen molar-refractivity contribution in [3.63, 3.8) is 0 Å². The number of hydrogen-bond donors (Lipinski definition) is 1. The normalized spacial score (nSPS) is 11.8. The Morgan fingerprint density at radius 1 is 1.15 bits per heavy atom. The van der Waals surface area contributed by atoms with E-state index in [0.29, 0.717) is 11.0 Å². The van der Waals surface area contributed by atoms with Crippen LogP contribution in [0.3, 0.4) is 0 Å². The number of thiazole rings is 1. The van der Waals surface area contributed by atoms with E-state index in [2.05, 4.69) is 36.3 Å². The summed E-state index contributed by atoms with van der Waals surface area (Å²) in [6.45, 7) is 4.28. The molecule has 0 saturated heterocycles. The fourth-order valence-corrected chi connectivity index (χ4v) is 4.12. The summed E-state index contributed by atoms with van der Waals surface area (Å²) in [5.74, 6) is 0.259. The monoisotopic (exact) mass is 388 g/mol. The molecular weight excluding hydrogens is 368 g/mol. The fraction of sp³-hybridized carbons (Fsp3) is 0.263. The van der Waals surface area contributed by atoms with Crippen LogP contribution in [0.5, 0.6) is 0 Å². The predicted molar refractivity (Wildman–Crippen MR) is 106 cm³/mol. The molecule has 0 atom stereocenters. The molecule has 3 rings (SSSR count). The smallest absolute Gasteiger partial charge is 0.230 e. The van der Waals surface area contributed by atoms with E-state index in [1.54, 1.807) is 12.1 Å². The molecule has 0 unspecified atom stereocenters. The molecule has 0 aliphatic heterocycles. The number of rotatable bonds is 5. The molecule has 0 radical (unpaired) electrons. The van der Waals surface area contributed by atoms with E-state index >= 15 is 0 Å². The zero-order valence-corrected chi connectivity index (χ0v) is 16.4. The number of benzene rings is 2. The molecule has 0 aliphatic carbocycles. The number of fused-ring (bicyclic) bond motifs is 1. The molecule has 1 heterocycles. The van der Waals surface area contributed by atoms with Crippen molar-refractivity contribution in [1.29, 1.82) is 0 Å². The third kappa shape index (κ3) is 4.28. The van der Waals surface area contributed by atoms with Gasteiger partial charge in [0.1, 0.15) is 0 Å². The Bertz CT molecular complexity index is 1050. The van der Waals surface area contributed by atoms with Gasteiger partial charge in [-0.25, -0.2) is 13.4 Å². The van der Waals surface area contributed by atoms with Crippen molar-refractivity contribution in [2.75, 3.05) is 11.6 Å². The molecule has 3 aromatic rings. The van der Waals surface area contributed by atoms with E-state index in [1.165, 1.54) is 29.0 Å². The van der Waals surface area contributed by atoms with Crippen molar-refractivity contribution < 1.29 is 13.2 Å². The highest BCUT2D eigenvalue weighted by Gasteiger charge is 2.11. The maximum absolute atomic E-state index is 12.3. The van der Waals surface area contributed by atoms with Crippen molar-refractivity contribution in [3.8, 4) is 0 Å². The van der Waals surface area contributed by atoms with E-state index in [1.807, 2.05) is 6.07 Å². The van der Waals surface area contributed by atoms with Gasteiger partial charge in [-0.1, -0.05) is 43.4 Å². The highest BCUT2D eigenvalue weighted by molar-refractivity contribution is 7.90. The lowest BCUT2D eigenvalue weighted by atomic mass is 10.0. The topological polar surface area (TPSA) is 76.1 Å². The third-order valence-corrected chi connectivity index (χ3v) is 6.10. The molecule has 136 valence electrons. The second-order valence-corrected chi connectivity index (χ2v) is 9.59. The van der Waals surface area contributed by atoms with Crippen LogP contribution in [0.15, 0.2) is 47.4 Å². The lowest BCUT2D eigenvalue weighted by molar-refractivity contribution is -0.115. The number of carbonyl (C=O) groups is 1. The maximum atomic E-state index is 12.3. The second-order valence-electron chi connectivity index (χ2n) is 6.54. The Balaban J connectivity index is 1.70. The first kappa shape index (κ1) is 18.5. The van der Waals surface area contributed by atoms with Crippen LogP contribution < -0.4 is 5.32 Å². The average Bonchev–Trinajstić information content (AvgIpc) is 2.95. The Morgan fingerprint density at radius 2 is 1.85 bits per heavy atom. The standard InChI is InChI=1S/C19H20N2O3S2/c1-12(2)14-6-9-16-17(11-14)25-19(20-16)21-18(22)10-13-4-7-15(8-5-13)26(3,23)24/h4-9,11-12H,10H2,1-3H3,(H,20,21,22). The van der Waals surface area contributed by atoms with Gasteiger partial charge in [0.25, 0.3) is 0 Å². The average molecular weight is 389 g/mol. The fourth-order valence-electron chi connectivity index (χ4n) is 2.56. The Labute approximate surface area is 157 Å². The molecule has 7 heteroatoms. The minimum Gasteiger partial charge on any atom is -0.302 e. The first-order chi connectivity index (χ1) is 12.2. The van der Waals surface area contributed by atoms with Gasteiger partial charge in [0.2, 0.25) is 5.91 Å². The predicted octanol–water partition coefficient (Wildman–Crippen LogP) is 4.00. The number of carbonyl (C=O) groups excluding carboxylic acids is 1. The van der Waals surface area contributed by atoms with Crippen LogP contribution in [0.1, 0.15) is 30.9 Å². The number of nitrogens with one attached hydrogen (secondary N) is 1. The minimum atomic E-state index is -3.23. The summed E-state index contributed by atoms with van der Waals surface area (Å²) in [7, 11) is -3.23. The number of anilines is 1. The SMILES string of the molecule is CC(C)c1ccc2nc(NC(=O)Cc3ccc(S(C)(=O)=O)cc3)sc2c1. The van der Waals surface area contributed by atoms with E-state index < -0.39 is 9.84 Å². The largest absolute Gasteiger partial charge is 0.302 e. The van der Waals surface area contributed by atoms with E-state index in [4.69, 9.17) is 0 Å². The second kappa shape index (κ2) is 7.17. The molecule has 5 nitrogen and oxygen atoms in total. The van der Waals surface area contributed by atoms with Gasteiger partial charge in [-0.3, -0.25) is 4.79 Å². The Morgan fingerprint density at radius 3 is 2.46 bits per heavy atom. The van der Waals surface area contributed by atoms with Crippen LogP contribution in [0.25, 0.3) is 10.2 Å². The van der Waals surface area contributed by atoms with Gasteiger partial charge >= 0.3 is 0 Å². The number of sulfone groups is 1. The molecule has 2 aromatic carbocycles. The van der Waals surface area contributed by atoms with Gasteiger partial charge in [-0.05, 0) is 41.3 Å². The van der Waals surface area contributed by atoms with Crippen molar-refractivity contribution in [3.05, 3.63) is 53.6 Å². The van der Waals surface area contributed by atoms with Gasteiger partial charge in [0, 0.05) is 6.26 Å². The van der Waals surface area contributed by atoms with Gasteiger partial charge < -0.3 is 5.32 Å². The van der Waals surface area contributed by atoms with Gasteiger partial charge in [-0.2, -0.15) is 0 Å². The van der Waals surface area contributed by atoms with Crippen LogP contribution in [0.4, 0.5) is 5.13 Å². The van der Waals surface area contributed by atoms with E-state index in [0.717, 1.165) is 22.0 Å². The molecule has 0 bridgehead atoms. The summed E-state index contributed by atoms with van der Waals surface area (Å²) in [4.78, 5) is 16.9. The molecule has 1 aromatic heterocycles. The third-order valence-electron chi connectivity index (χ3n) is 4.04. The van der Waals surface area contributed by atoms with Crippen molar-refractivity contribution in [2.45, 2.75) is 31.1 Å². The molecule has 0 fully saturated rings. The molecule has 26 heavy (non-hydrogen) atoms. The van der Waals surface area contributed by atoms with E-state index in [-0.39, 0.29) is 17.2 Å². The van der Waals surface area contributed by atoms with Gasteiger partial charge in [-0.15, -0.1) is 0 Å². The van der Waals surface area contributed by atoms with Crippen LogP contribution in [0.2, 0.25) is 0 Å². The summed E-state index contributed by atoms with van der Waals surface area (Å²) in [5, 5.41) is 3.39. The van der Waals surface area contributed by atoms with Crippen LogP contribution >= 0.6 is 11.3 Å². The van der Waals surface area contributed by atoms with Gasteiger partial charge in [0.05, 0.1) is 21.5 Å². The maximum Gasteiger partial charge on any atom is 0.230 e. The highest BCUT2D eigenvalue weighted by atomic mass is 32.2. The van der Waals surface area contributed by atoms with Crippen molar-refractivity contribution in [2.24, 2.45) is 0 Å². The quantitative estimate of drug-likeness (QED) is 0.717. The molecule has 1 N–H and O–H groups in total. The summed E-state index contributed by atoms with van der Waals surface area (Å²) < 4.78 is 24.0. The Kier molecular flexibility index (Phi) is 5.11. The summed E-state index contributed by atoms with van der Waals surface area (Å²) >= 11 is 1.45. The zero-order chi connectivity index (χ0) is 18.9. The highest BCUT2D eigenvalue weighted by Crippen LogP contribution is 2.29. The molecular formula is C19H20N2O3S2. The minimum absolute atomic E-state index is 0.164. The number of aromatic nitrogens is 1. The number of nitrogens with zero attached hydrogens (tertiary/aromatic N) is 1. The molecule has 0 saturated carbocycles. The van der Waals surface area contributed by atoms with Crippen molar-refractivity contribution >= 4 is 42.4 Å². The molecule has 0 spiro atoms. The summed E-state index contributed by atoms with van der Waals surface area (Å²) in [5.41, 5.74) is 2.86. The zero-order valence-electron chi connectivity index (χ0n) is 14.8. The Hall–Kier alpha value is -2.25. The van der Waals surface area contributed by atoms with E-state index in [9.17, 15) is 13.2 Å². The first-order valence-corrected chi connectivity index (χ1v) is 10.9. The van der Waals surface area contributed by atoms with Gasteiger partial charge in [0.15, 0.2) is 15.0 Å². The molecule has 0 aliphatic rings.